The fraction of sp³-hybridized carbons (Fsp3) is 0.182. The van der Waals surface area contributed by atoms with Crippen molar-refractivity contribution in [2.75, 3.05) is 25.1 Å². The molecule has 31 heavy (non-hydrogen) atoms. The van der Waals surface area contributed by atoms with Crippen molar-refractivity contribution in [2.45, 2.75) is 6.92 Å². The first-order chi connectivity index (χ1) is 15.0. The minimum Gasteiger partial charge on any atom is -0.484 e. The molecule has 2 N–H and O–H groups in total. The van der Waals surface area contributed by atoms with Gasteiger partial charge in [0.2, 0.25) is 11.8 Å². The Morgan fingerprint density at radius 1 is 1.00 bits per heavy atom. The van der Waals surface area contributed by atoms with E-state index in [1.165, 1.54) is 19.1 Å². The maximum Gasteiger partial charge on any atom is 0.258 e. The second-order valence-corrected chi connectivity index (χ2v) is 6.46. The minimum atomic E-state index is -0.317. The van der Waals surface area contributed by atoms with Gasteiger partial charge in [-0.2, -0.15) is 0 Å². The predicted molar refractivity (Wildman–Crippen MR) is 112 cm³/mol. The van der Waals surface area contributed by atoms with Crippen LogP contribution in [0.1, 0.15) is 6.92 Å². The Labute approximate surface area is 178 Å². The Morgan fingerprint density at radius 2 is 1.81 bits per heavy atom. The Balaban J connectivity index is 1.37. The van der Waals surface area contributed by atoms with Gasteiger partial charge in [-0.1, -0.05) is 6.07 Å². The first-order valence-corrected chi connectivity index (χ1v) is 9.49. The zero-order valence-electron chi connectivity index (χ0n) is 16.8. The Kier molecular flexibility index (Phi) is 7.47. The van der Waals surface area contributed by atoms with Crippen molar-refractivity contribution < 1.29 is 23.5 Å². The lowest BCUT2D eigenvalue weighted by Crippen LogP contribution is -2.32. The lowest BCUT2D eigenvalue weighted by Gasteiger charge is -2.09. The van der Waals surface area contributed by atoms with Crippen LogP contribution in [0.25, 0.3) is 11.3 Å². The molecule has 0 unspecified atom stereocenters. The summed E-state index contributed by atoms with van der Waals surface area (Å²) in [5, 5.41) is 13.3. The second kappa shape index (κ2) is 10.7. The molecule has 0 fully saturated rings. The summed E-state index contributed by atoms with van der Waals surface area (Å²) in [7, 11) is 0. The summed E-state index contributed by atoms with van der Waals surface area (Å²) in [6, 6.07) is 16.1. The van der Waals surface area contributed by atoms with Crippen LogP contribution in [0, 0.1) is 5.82 Å². The maximum atomic E-state index is 13.0. The average Bonchev–Trinajstić information content (AvgIpc) is 2.76. The number of halogens is 1. The fourth-order valence-electron chi connectivity index (χ4n) is 2.58. The van der Waals surface area contributed by atoms with E-state index in [0.717, 1.165) is 5.56 Å². The van der Waals surface area contributed by atoms with E-state index in [1.54, 1.807) is 48.5 Å². The number of anilines is 1. The molecule has 8 nitrogen and oxygen atoms in total. The molecule has 160 valence electrons. The Morgan fingerprint density at radius 3 is 2.52 bits per heavy atom. The summed E-state index contributed by atoms with van der Waals surface area (Å²) >= 11 is 0. The molecule has 1 aromatic heterocycles. The number of hydrogen-bond acceptors (Lipinski definition) is 6. The van der Waals surface area contributed by atoms with E-state index in [1.807, 2.05) is 0 Å². The van der Waals surface area contributed by atoms with Crippen molar-refractivity contribution in [2.24, 2.45) is 0 Å². The largest absolute Gasteiger partial charge is 0.484 e. The topological polar surface area (TPSA) is 102 Å². The van der Waals surface area contributed by atoms with Crippen molar-refractivity contribution in [3.63, 3.8) is 0 Å². The molecule has 0 atom stereocenters. The molecule has 9 heteroatoms. The highest BCUT2D eigenvalue weighted by molar-refractivity contribution is 5.88. The summed E-state index contributed by atoms with van der Waals surface area (Å²) in [6.07, 6.45) is 0. The van der Waals surface area contributed by atoms with Crippen LogP contribution in [0.5, 0.6) is 11.6 Å². The van der Waals surface area contributed by atoms with E-state index in [0.29, 0.717) is 23.0 Å². The van der Waals surface area contributed by atoms with Gasteiger partial charge in [-0.05, 0) is 42.5 Å². The molecular weight excluding hydrogens is 403 g/mol. The number of aromatic nitrogens is 2. The number of carbonyl (C=O) groups is 2. The zero-order chi connectivity index (χ0) is 22.1. The van der Waals surface area contributed by atoms with Crippen LogP contribution in [0.3, 0.4) is 0 Å². The van der Waals surface area contributed by atoms with Crippen LogP contribution in [-0.2, 0) is 9.59 Å². The first kappa shape index (κ1) is 21.7. The number of carbonyl (C=O) groups excluding carboxylic acids is 2. The predicted octanol–water partition coefficient (Wildman–Crippen LogP) is 2.82. The first-order valence-electron chi connectivity index (χ1n) is 9.49. The minimum absolute atomic E-state index is 0.171. The summed E-state index contributed by atoms with van der Waals surface area (Å²) in [4.78, 5) is 23.0. The van der Waals surface area contributed by atoms with Gasteiger partial charge in [0.1, 0.15) is 18.2 Å². The van der Waals surface area contributed by atoms with E-state index in [4.69, 9.17) is 9.47 Å². The molecule has 1 heterocycles. The second-order valence-electron chi connectivity index (χ2n) is 6.46. The summed E-state index contributed by atoms with van der Waals surface area (Å²) in [5.41, 5.74) is 1.93. The highest BCUT2D eigenvalue weighted by atomic mass is 19.1. The van der Waals surface area contributed by atoms with Crippen LogP contribution in [0.4, 0.5) is 10.1 Å². The molecular formula is C22H21FN4O4. The SMILES string of the molecule is CC(=O)Nc1cccc(OCC(=O)NCCOc2ccc(-c3ccc(F)cc3)nn2)c1. The van der Waals surface area contributed by atoms with Crippen LogP contribution >= 0.6 is 0 Å². The lowest BCUT2D eigenvalue weighted by atomic mass is 10.1. The Hall–Kier alpha value is -4.01. The smallest absolute Gasteiger partial charge is 0.258 e. The van der Waals surface area contributed by atoms with Crippen molar-refractivity contribution >= 4 is 17.5 Å². The van der Waals surface area contributed by atoms with E-state index < -0.39 is 0 Å². The highest BCUT2D eigenvalue weighted by Gasteiger charge is 2.05. The zero-order valence-corrected chi connectivity index (χ0v) is 16.8. The number of benzene rings is 2. The van der Waals surface area contributed by atoms with Gasteiger partial charge in [0.25, 0.3) is 5.91 Å². The highest BCUT2D eigenvalue weighted by Crippen LogP contribution is 2.18. The van der Waals surface area contributed by atoms with Gasteiger partial charge in [-0.3, -0.25) is 9.59 Å². The maximum absolute atomic E-state index is 13.0. The number of amides is 2. The number of ether oxygens (including phenoxy) is 2. The standard InChI is InChI=1S/C22H21FN4O4/c1-15(28)25-18-3-2-4-19(13-18)31-14-21(29)24-11-12-30-22-10-9-20(26-27-22)16-5-7-17(23)8-6-16/h2-10,13H,11-12,14H2,1H3,(H,24,29)(H,25,28). The van der Waals surface area contributed by atoms with Gasteiger partial charge >= 0.3 is 0 Å². The summed E-state index contributed by atoms with van der Waals surface area (Å²) < 4.78 is 23.9. The third-order valence-electron chi connectivity index (χ3n) is 3.98. The lowest BCUT2D eigenvalue weighted by molar-refractivity contribution is -0.123. The van der Waals surface area contributed by atoms with E-state index >= 15 is 0 Å². The third-order valence-corrected chi connectivity index (χ3v) is 3.98. The molecule has 0 radical (unpaired) electrons. The Bertz CT molecular complexity index is 1030. The van der Waals surface area contributed by atoms with Gasteiger partial charge in [0, 0.05) is 30.3 Å². The monoisotopic (exact) mass is 424 g/mol. The van der Waals surface area contributed by atoms with Crippen LogP contribution in [-0.4, -0.2) is 41.8 Å². The van der Waals surface area contributed by atoms with Gasteiger partial charge in [0.15, 0.2) is 6.61 Å². The van der Waals surface area contributed by atoms with Crippen molar-refractivity contribution in [3.8, 4) is 22.9 Å². The van der Waals surface area contributed by atoms with Crippen molar-refractivity contribution in [3.05, 3.63) is 66.5 Å². The number of nitrogens with one attached hydrogen (secondary N) is 2. The fourth-order valence-corrected chi connectivity index (χ4v) is 2.58. The molecule has 2 amide bonds. The molecule has 0 bridgehead atoms. The van der Waals surface area contributed by atoms with Crippen molar-refractivity contribution in [1.82, 2.24) is 15.5 Å². The van der Waals surface area contributed by atoms with Gasteiger partial charge in [-0.15, -0.1) is 10.2 Å². The third kappa shape index (κ3) is 7.07. The number of rotatable bonds is 9. The van der Waals surface area contributed by atoms with Crippen LogP contribution < -0.4 is 20.1 Å². The van der Waals surface area contributed by atoms with Crippen LogP contribution in [0.2, 0.25) is 0 Å². The average molecular weight is 424 g/mol. The summed E-state index contributed by atoms with van der Waals surface area (Å²) in [5.74, 6) is -0.0427. The van der Waals surface area contributed by atoms with E-state index in [-0.39, 0.29) is 37.4 Å². The molecule has 0 aliphatic heterocycles. The summed E-state index contributed by atoms with van der Waals surface area (Å²) in [6.45, 7) is 1.70. The molecule has 2 aromatic carbocycles. The normalized spacial score (nSPS) is 10.3. The molecule has 0 saturated heterocycles. The molecule has 3 aromatic rings. The number of hydrogen-bond donors (Lipinski definition) is 2. The molecule has 0 spiro atoms. The van der Waals surface area contributed by atoms with Crippen molar-refractivity contribution in [1.29, 1.82) is 0 Å². The number of nitrogens with zero attached hydrogens (tertiary/aromatic N) is 2. The van der Waals surface area contributed by atoms with E-state index in [2.05, 4.69) is 20.8 Å². The van der Waals surface area contributed by atoms with Gasteiger partial charge in [0.05, 0.1) is 12.2 Å². The van der Waals surface area contributed by atoms with Crippen LogP contribution in [0.15, 0.2) is 60.7 Å². The molecule has 0 aliphatic rings. The van der Waals surface area contributed by atoms with E-state index in [9.17, 15) is 14.0 Å². The molecule has 0 saturated carbocycles. The van der Waals surface area contributed by atoms with Gasteiger partial charge < -0.3 is 20.1 Å². The molecule has 0 aliphatic carbocycles. The molecule has 3 rings (SSSR count). The van der Waals surface area contributed by atoms with Gasteiger partial charge in [-0.25, -0.2) is 4.39 Å². The quantitative estimate of drug-likeness (QED) is 0.512.